The van der Waals surface area contributed by atoms with Gasteiger partial charge in [-0.2, -0.15) is 9.97 Å². The lowest BCUT2D eigenvalue weighted by molar-refractivity contribution is -0.109. The zero-order chi connectivity index (χ0) is 11.1. The number of rotatable bonds is 6. The number of nitrogens with zero attached hydrogens (tertiary/aromatic N) is 4. The molecule has 0 bridgehead atoms. The van der Waals surface area contributed by atoms with Gasteiger partial charge < -0.3 is 4.90 Å². The van der Waals surface area contributed by atoms with Gasteiger partial charge in [0.15, 0.2) is 0 Å². The maximum Gasteiger partial charge on any atom is 0.246 e. The minimum atomic E-state index is 0.319. The van der Waals surface area contributed by atoms with Crippen molar-refractivity contribution in [3.8, 4) is 0 Å². The van der Waals surface area contributed by atoms with Gasteiger partial charge in [0, 0.05) is 13.1 Å². The first kappa shape index (κ1) is 11.2. The summed E-state index contributed by atoms with van der Waals surface area (Å²) >= 11 is 0. The fraction of sp³-hybridized carbons (Fsp3) is 0.500. The second-order valence-corrected chi connectivity index (χ2v) is 2.67. The SMILES string of the molecule is CCN(CC)c1ncnc(NNC=O)n1. The van der Waals surface area contributed by atoms with Crippen LogP contribution in [-0.2, 0) is 4.79 Å². The van der Waals surface area contributed by atoms with E-state index in [4.69, 9.17) is 0 Å². The Morgan fingerprint density at radius 3 is 2.73 bits per heavy atom. The van der Waals surface area contributed by atoms with E-state index in [1.165, 1.54) is 6.33 Å². The molecule has 1 aromatic heterocycles. The molecule has 0 unspecified atom stereocenters. The predicted molar refractivity (Wildman–Crippen MR) is 56.2 cm³/mol. The molecule has 0 saturated carbocycles. The Morgan fingerprint density at radius 1 is 1.40 bits per heavy atom. The van der Waals surface area contributed by atoms with Crippen molar-refractivity contribution in [1.29, 1.82) is 0 Å². The molecule has 1 amide bonds. The van der Waals surface area contributed by atoms with Gasteiger partial charge in [0.1, 0.15) is 6.33 Å². The van der Waals surface area contributed by atoms with E-state index < -0.39 is 0 Å². The molecule has 0 aromatic carbocycles. The Morgan fingerprint density at radius 2 is 2.13 bits per heavy atom. The second-order valence-electron chi connectivity index (χ2n) is 2.67. The van der Waals surface area contributed by atoms with E-state index in [1.807, 2.05) is 18.7 Å². The van der Waals surface area contributed by atoms with Crippen LogP contribution in [0.3, 0.4) is 0 Å². The van der Waals surface area contributed by atoms with E-state index >= 15 is 0 Å². The minimum absolute atomic E-state index is 0.319. The summed E-state index contributed by atoms with van der Waals surface area (Å²) in [4.78, 5) is 24.0. The molecule has 1 heterocycles. The summed E-state index contributed by atoms with van der Waals surface area (Å²) in [6.45, 7) is 5.68. The highest BCUT2D eigenvalue weighted by Crippen LogP contribution is 2.06. The maximum absolute atomic E-state index is 10.1. The number of anilines is 2. The van der Waals surface area contributed by atoms with Crippen LogP contribution in [0.5, 0.6) is 0 Å². The van der Waals surface area contributed by atoms with Gasteiger partial charge in [-0.05, 0) is 13.8 Å². The largest absolute Gasteiger partial charge is 0.341 e. The molecule has 0 aliphatic heterocycles. The standard InChI is InChI=1S/C8H14N6O/c1-3-14(4-2)8-10-5-9-7(12-8)13-11-6-15/h5-6H,3-4H2,1-2H3,(H,11,15)(H,9,10,12,13). The Labute approximate surface area is 87.9 Å². The van der Waals surface area contributed by atoms with Crippen molar-refractivity contribution in [1.82, 2.24) is 20.4 Å². The average molecular weight is 210 g/mol. The van der Waals surface area contributed by atoms with Gasteiger partial charge in [-0.1, -0.05) is 0 Å². The van der Waals surface area contributed by atoms with E-state index in [2.05, 4.69) is 25.8 Å². The molecule has 2 N–H and O–H groups in total. The van der Waals surface area contributed by atoms with Crippen LogP contribution < -0.4 is 15.8 Å². The minimum Gasteiger partial charge on any atom is -0.341 e. The lowest BCUT2D eigenvalue weighted by Crippen LogP contribution is -2.26. The van der Waals surface area contributed by atoms with E-state index in [-0.39, 0.29) is 0 Å². The number of aromatic nitrogens is 3. The maximum atomic E-state index is 10.1. The van der Waals surface area contributed by atoms with Gasteiger partial charge in [0.05, 0.1) is 0 Å². The molecule has 0 atom stereocenters. The monoisotopic (exact) mass is 210 g/mol. The van der Waals surface area contributed by atoms with Crippen molar-refractivity contribution < 1.29 is 4.79 Å². The average Bonchev–Trinajstić information content (AvgIpc) is 2.29. The van der Waals surface area contributed by atoms with Crippen molar-refractivity contribution in [3.63, 3.8) is 0 Å². The van der Waals surface area contributed by atoms with Crippen LogP contribution in [0, 0.1) is 0 Å². The first-order chi connectivity index (χ1) is 7.31. The van der Waals surface area contributed by atoms with Crippen molar-refractivity contribution >= 4 is 18.3 Å². The molecule has 0 spiro atoms. The summed E-state index contributed by atoms with van der Waals surface area (Å²) in [6.07, 6.45) is 1.91. The quantitative estimate of drug-likeness (QED) is 0.499. The molecule has 7 heteroatoms. The van der Waals surface area contributed by atoms with Crippen LogP contribution in [0.4, 0.5) is 11.9 Å². The summed E-state index contributed by atoms with van der Waals surface area (Å²) in [5.74, 6) is 0.907. The summed E-state index contributed by atoms with van der Waals surface area (Å²) in [7, 11) is 0. The molecule has 82 valence electrons. The third-order valence-electron chi connectivity index (χ3n) is 1.85. The van der Waals surface area contributed by atoms with Crippen LogP contribution in [-0.4, -0.2) is 34.5 Å². The number of hydrogen-bond acceptors (Lipinski definition) is 6. The topological polar surface area (TPSA) is 83.0 Å². The number of carbonyl (C=O) groups is 1. The van der Waals surface area contributed by atoms with Gasteiger partial charge in [-0.25, -0.2) is 4.98 Å². The highest BCUT2D eigenvalue weighted by atomic mass is 16.1. The van der Waals surface area contributed by atoms with E-state index in [9.17, 15) is 4.79 Å². The van der Waals surface area contributed by atoms with Crippen molar-refractivity contribution in [2.75, 3.05) is 23.4 Å². The Bertz CT molecular complexity index is 314. The molecular weight excluding hydrogens is 196 g/mol. The van der Waals surface area contributed by atoms with E-state index in [1.54, 1.807) is 0 Å². The third-order valence-corrected chi connectivity index (χ3v) is 1.85. The molecule has 7 nitrogen and oxygen atoms in total. The first-order valence-electron chi connectivity index (χ1n) is 4.71. The second kappa shape index (κ2) is 5.74. The molecule has 1 aromatic rings. The Hall–Kier alpha value is -1.92. The van der Waals surface area contributed by atoms with Crippen molar-refractivity contribution in [2.24, 2.45) is 0 Å². The van der Waals surface area contributed by atoms with Crippen LogP contribution >= 0.6 is 0 Å². The molecule has 0 fully saturated rings. The number of carbonyl (C=O) groups excluding carboxylic acids is 1. The van der Waals surface area contributed by atoms with Gasteiger partial charge in [0.2, 0.25) is 18.3 Å². The fourth-order valence-corrected chi connectivity index (χ4v) is 1.10. The lowest BCUT2D eigenvalue weighted by Gasteiger charge is -2.18. The summed E-state index contributed by atoms with van der Waals surface area (Å²) in [5, 5.41) is 0. The van der Waals surface area contributed by atoms with E-state index in [0.29, 0.717) is 18.3 Å². The lowest BCUT2D eigenvalue weighted by atomic mass is 10.5. The van der Waals surface area contributed by atoms with Gasteiger partial charge in [-0.3, -0.25) is 15.6 Å². The van der Waals surface area contributed by atoms with Gasteiger partial charge in [0.25, 0.3) is 0 Å². The number of hydrazine groups is 1. The number of amides is 1. The van der Waals surface area contributed by atoms with Crippen molar-refractivity contribution in [2.45, 2.75) is 13.8 Å². The molecule has 1 rings (SSSR count). The fourth-order valence-electron chi connectivity index (χ4n) is 1.10. The Kier molecular flexibility index (Phi) is 4.27. The molecule has 0 aliphatic rings. The normalized spacial score (nSPS) is 9.47. The number of hydrogen-bond donors (Lipinski definition) is 2. The predicted octanol–water partition coefficient (Wildman–Crippen LogP) is -0.209. The number of nitrogens with one attached hydrogen (secondary N) is 2. The smallest absolute Gasteiger partial charge is 0.246 e. The highest BCUT2D eigenvalue weighted by Gasteiger charge is 2.05. The van der Waals surface area contributed by atoms with Crippen LogP contribution in [0.15, 0.2) is 6.33 Å². The summed E-state index contributed by atoms with van der Waals surface area (Å²) in [5.41, 5.74) is 4.80. The molecule has 0 radical (unpaired) electrons. The summed E-state index contributed by atoms with van der Waals surface area (Å²) in [6, 6.07) is 0. The zero-order valence-corrected chi connectivity index (χ0v) is 8.77. The Balaban J connectivity index is 2.76. The van der Waals surface area contributed by atoms with Gasteiger partial charge in [-0.15, -0.1) is 0 Å². The van der Waals surface area contributed by atoms with Gasteiger partial charge >= 0.3 is 0 Å². The third kappa shape index (κ3) is 3.04. The molecule has 15 heavy (non-hydrogen) atoms. The van der Waals surface area contributed by atoms with E-state index in [0.717, 1.165) is 13.1 Å². The van der Waals surface area contributed by atoms with Crippen LogP contribution in [0.1, 0.15) is 13.8 Å². The molecule has 0 aliphatic carbocycles. The van der Waals surface area contributed by atoms with Crippen molar-refractivity contribution in [3.05, 3.63) is 6.33 Å². The van der Waals surface area contributed by atoms with Crippen LogP contribution in [0.2, 0.25) is 0 Å². The molecule has 0 saturated heterocycles. The molecular formula is C8H14N6O. The highest BCUT2D eigenvalue weighted by molar-refractivity contribution is 5.49. The first-order valence-corrected chi connectivity index (χ1v) is 4.71. The van der Waals surface area contributed by atoms with Crippen LogP contribution in [0.25, 0.3) is 0 Å². The zero-order valence-electron chi connectivity index (χ0n) is 8.77. The summed E-state index contributed by atoms with van der Waals surface area (Å²) < 4.78 is 0.